The van der Waals surface area contributed by atoms with Gasteiger partial charge < -0.3 is 0 Å². The molecule has 0 atom stereocenters. The van der Waals surface area contributed by atoms with Crippen LogP contribution in [0.2, 0.25) is 0 Å². The Morgan fingerprint density at radius 1 is 1.27 bits per heavy atom. The number of carbonyl (C=O) groups excluding carboxylic acids is 1. The highest BCUT2D eigenvalue weighted by Gasteiger charge is 1.91. The molecule has 0 spiro atoms. The van der Waals surface area contributed by atoms with Gasteiger partial charge in [0.05, 0.1) is 0 Å². The Balaban J connectivity index is 4.02. The second-order valence-electron chi connectivity index (χ2n) is 3.03. The average molecular weight is 152 g/mol. The summed E-state index contributed by atoms with van der Waals surface area (Å²) in [5.74, 6) is 0.685. The van der Waals surface area contributed by atoms with E-state index in [2.05, 4.69) is 19.9 Å². The van der Waals surface area contributed by atoms with Crippen molar-refractivity contribution in [2.24, 2.45) is 5.92 Å². The minimum atomic E-state index is 0.137. The second-order valence-corrected chi connectivity index (χ2v) is 3.03. The van der Waals surface area contributed by atoms with Gasteiger partial charge in [0.1, 0.15) is 0 Å². The zero-order valence-corrected chi connectivity index (χ0v) is 7.72. The molecule has 0 aromatic rings. The third-order valence-corrected chi connectivity index (χ3v) is 1.40. The average Bonchev–Trinajstić information content (AvgIpc) is 1.86. The van der Waals surface area contributed by atoms with E-state index in [1.807, 2.05) is 19.1 Å². The van der Waals surface area contributed by atoms with Crippen LogP contribution in [0.5, 0.6) is 0 Å². The van der Waals surface area contributed by atoms with Crippen LogP contribution in [0.25, 0.3) is 0 Å². The fraction of sp³-hybridized carbons (Fsp3) is 0.500. The summed E-state index contributed by atoms with van der Waals surface area (Å²) in [5.41, 5.74) is 0.807. The molecule has 0 aromatic carbocycles. The van der Waals surface area contributed by atoms with Crippen molar-refractivity contribution in [2.75, 3.05) is 0 Å². The molecule has 0 aliphatic carbocycles. The smallest absolute Gasteiger partial charge is 0.155 e. The van der Waals surface area contributed by atoms with Gasteiger partial charge in [-0.05, 0) is 25.3 Å². The Morgan fingerprint density at radius 3 is 2.18 bits per heavy atom. The van der Waals surface area contributed by atoms with Crippen LogP contribution in [-0.2, 0) is 4.79 Å². The van der Waals surface area contributed by atoms with Crippen LogP contribution in [0.1, 0.15) is 27.7 Å². The van der Waals surface area contributed by atoms with Crippen LogP contribution >= 0.6 is 0 Å². The molecule has 1 heteroatoms. The first kappa shape index (κ1) is 10.2. The van der Waals surface area contributed by atoms with Crippen molar-refractivity contribution in [3.8, 4) is 0 Å². The fourth-order valence-corrected chi connectivity index (χ4v) is 0.539. The molecule has 0 saturated heterocycles. The molecule has 0 heterocycles. The summed E-state index contributed by atoms with van der Waals surface area (Å²) in [4.78, 5) is 10.7. The van der Waals surface area contributed by atoms with Crippen LogP contribution in [0.15, 0.2) is 23.8 Å². The van der Waals surface area contributed by atoms with Gasteiger partial charge in [0.2, 0.25) is 0 Å². The minimum absolute atomic E-state index is 0.137. The summed E-state index contributed by atoms with van der Waals surface area (Å²) < 4.78 is 0. The molecule has 0 fully saturated rings. The van der Waals surface area contributed by atoms with Crippen molar-refractivity contribution in [1.29, 1.82) is 0 Å². The van der Waals surface area contributed by atoms with E-state index in [1.54, 1.807) is 6.92 Å². The van der Waals surface area contributed by atoms with Gasteiger partial charge in [-0.1, -0.05) is 32.1 Å². The van der Waals surface area contributed by atoms with E-state index in [1.165, 1.54) is 0 Å². The number of carbonyl (C=O) groups is 1. The fourth-order valence-electron chi connectivity index (χ4n) is 0.539. The van der Waals surface area contributed by atoms with Crippen LogP contribution in [-0.4, -0.2) is 5.78 Å². The van der Waals surface area contributed by atoms with E-state index >= 15 is 0 Å². The van der Waals surface area contributed by atoms with Gasteiger partial charge in [0.25, 0.3) is 0 Å². The number of rotatable bonds is 3. The largest absolute Gasteiger partial charge is 0.295 e. The Hall–Kier alpha value is -0.850. The number of allylic oxidation sites excluding steroid dienone is 4. The van der Waals surface area contributed by atoms with Crippen LogP contribution in [0, 0.1) is 5.92 Å². The van der Waals surface area contributed by atoms with Gasteiger partial charge in [-0.3, -0.25) is 4.79 Å². The highest BCUT2D eigenvalue weighted by Crippen LogP contribution is 1.97. The molecule has 0 aliphatic rings. The molecular formula is C10H16O. The van der Waals surface area contributed by atoms with Crippen LogP contribution in [0.3, 0.4) is 0 Å². The molecule has 0 N–H and O–H groups in total. The van der Waals surface area contributed by atoms with Gasteiger partial charge >= 0.3 is 0 Å². The maximum absolute atomic E-state index is 10.7. The molecule has 0 rings (SSSR count). The van der Waals surface area contributed by atoms with Crippen molar-refractivity contribution in [1.82, 2.24) is 0 Å². The van der Waals surface area contributed by atoms with Crippen molar-refractivity contribution in [3.05, 3.63) is 23.8 Å². The lowest BCUT2D eigenvalue weighted by atomic mass is 10.1. The van der Waals surface area contributed by atoms with Crippen LogP contribution in [0.4, 0.5) is 0 Å². The molecular weight excluding hydrogens is 136 g/mol. The summed E-state index contributed by atoms with van der Waals surface area (Å²) in [7, 11) is 0. The number of ketones is 1. The predicted octanol–water partition coefficient (Wildman–Crippen LogP) is 2.73. The van der Waals surface area contributed by atoms with Gasteiger partial charge in [-0.2, -0.15) is 0 Å². The molecule has 0 bridgehead atoms. The quantitative estimate of drug-likeness (QED) is 0.449. The van der Waals surface area contributed by atoms with Gasteiger partial charge in [-0.15, -0.1) is 0 Å². The minimum Gasteiger partial charge on any atom is -0.295 e. The van der Waals surface area contributed by atoms with Crippen molar-refractivity contribution >= 4 is 5.78 Å². The Bertz CT molecular complexity index is 185. The van der Waals surface area contributed by atoms with E-state index in [-0.39, 0.29) is 5.78 Å². The molecule has 11 heavy (non-hydrogen) atoms. The first-order valence-corrected chi connectivity index (χ1v) is 3.90. The third-order valence-electron chi connectivity index (χ3n) is 1.40. The SMILES string of the molecule is CC(=O)C(C)=CC=CC(C)C. The van der Waals surface area contributed by atoms with Gasteiger partial charge in [-0.25, -0.2) is 0 Å². The van der Waals surface area contributed by atoms with E-state index < -0.39 is 0 Å². The topological polar surface area (TPSA) is 17.1 Å². The third kappa shape index (κ3) is 5.59. The Kier molecular flexibility index (Phi) is 4.51. The lowest BCUT2D eigenvalue weighted by Gasteiger charge is -1.92. The zero-order chi connectivity index (χ0) is 8.85. The lowest BCUT2D eigenvalue weighted by Crippen LogP contribution is -1.89. The molecule has 0 aromatic heterocycles. The van der Waals surface area contributed by atoms with Gasteiger partial charge in [0, 0.05) is 0 Å². The maximum Gasteiger partial charge on any atom is 0.155 e. The lowest BCUT2D eigenvalue weighted by molar-refractivity contribution is -0.113. The Labute approximate surface area is 68.8 Å². The highest BCUT2D eigenvalue weighted by molar-refractivity contribution is 5.92. The van der Waals surface area contributed by atoms with Crippen molar-refractivity contribution in [3.63, 3.8) is 0 Å². The number of hydrogen-bond donors (Lipinski definition) is 0. The van der Waals surface area contributed by atoms with E-state index in [0.29, 0.717) is 5.92 Å². The summed E-state index contributed by atoms with van der Waals surface area (Å²) in [6.07, 6.45) is 5.84. The molecule has 62 valence electrons. The summed E-state index contributed by atoms with van der Waals surface area (Å²) in [6.45, 7) is 7.61. The molecule has 0 amide bonds. The summed E-state index contributed by atoms with van der Waals surface area (Å²) >= 11 is 0. The van der Waals surface area contributed by atoms with Crippen molar-refractivity contribution in [2.45, 2.75) is 27.7 Å². The molecule has 0 radical (unpaired) electrons. The monoisotopic (exact) mass is 152 g/mol. The van der Waals surface area contributed by atoms with E-state index in [4.69, 9.17) is 0 Å². The molecule has 0 unspecified atom stereocenters. The second kappa shape index (κ2) is 4.89. The normalized spacial score (nSPS) is 13.0. The predicted molar refractivity (Wildman–Crippen MR) is 48.4 cm³/mol. The summed E-state index contributed by atoms with van der Waals surface area (Å²) in [6, 6.07) is 0. The highest BCUT2D eigenvalue weighted by atomic mass is 16.1. The van der Waals surface area contributed by atoms with E-state index in [9.17, 15) is 4.79 Å². The van der Waals surface area contributed by atoms with E-state index in [0.717, 1.165) is 5.57 Å². The van der Waals surface area contributed by atoms with Gasteiger partial charge in [0.15, 0.2) is 5.78 Å². The number of Topliss-reactive ketones (excluding diaryl/α,β-unsaturated/α-hetero) is 1. The first-order valence-electron chi connectivity index (χ1n) is 3.90. The summed E-state index contributed by atoms with van der Waals surface area (Å²) in [5, 5.41) is 0. The zero-order valence-electron chi connectivity index (χ0n) is 7.72. The molecule has 0 aliphatic heterocycles. The Morgan fingerprint density at radius 2 is 1.82 bits per heavy atom. The molecule has 0 saturated carbocycles. The van der Waals surface area contributed by atoms with Crippen LogP contribution < -0.4 is 0 Å². The standard InChI is InChI=1S/C10H16O/c1-8(2)6-5-7-9(3)10(4)11/h5-8H,1-4H3. The first-order chi connectivity index (χ1) is 5.04. The van der Waals surface area contributed by atoms with Crippen molar-refractivity contribution < 1.29 is 4.79 Å². The molecule has 1 nitrogen and oxygen atoms in total. The maximum atomic E-state index is 10.7. The number of hydrogen-bond acceptors (Lipinski definition) is 1.